The van der Waals surface area contributed by atoms with E-state index in [0.717, 1.165) is 23.3 Å². The number of carbonyl (C=O) groups excluding carboxylic acids is 1. The Morgan fingerprint density at radius 2 is 2.19 bits per heavy atom. The first kappa shape index (κ1) is 19.7. The Hall–Kier alpha value is -2.02. The number of nitrogens with two attached hydrogens (primary N) is 1. The van der Waals surface area contributed by atoms with Crippen molar-refractivity contribution in [3.63, 3.8) is 0 Å². The van der Waals surface area contributed by atoms with Gasteiger partial charge < -0.3 is 11.1 Å². The first-order valence-electron chi connectivity index (χ1n) is 8.24. The van der Waals surface area contributed by atoms with Crippen molar-refractivity contribution in [2.45, 2.75) is 18.9 Å². The molecule has 1 aliphatic heterocycles. The third-order valence-corrected chi connectivity index (χ3v) is 5.54. The van der Waals surface area contributed by atoms with E-state index in [1.807, 2.05) is 24.3 Å². The Kier molecular flexibility index (Phi) is 6.09. The van der Waals surface area contributed by atoms with Gasteiger partial charge in [-0.05, 0) is 42.7 Å². The minimum Gasteiger partial charge on any atom is -0.379 e. The van der Waals surface area contributed by atoms with Crippen LogP contribution in [0.5, 0.6) is 0 Å². The van der Waals surface area contributed by atoms with Crippen molar-refractivity contribution in [3.05, 3.63) is 64.8 Å². The second-order valence-corrected chi connectivity index (χ2v) is 8.21. The van der Waals surface area contributed by atoms with Gasteiger partial charge in [-0.2, -0.15) is 0 Å². The quantitative estimate of drug-likeness (QED) is 0.706. The smallest absolute Gasteiger partial charge is 0.251 e. The molecule has 1 aromatic carbocycles. The molecule has 0 bridgehead atoms. The molecule has 0 saturated carbocycles. The van der Waals surface area contributed by atoms with Gasteiger partial charge in [0.15, 0.2) is 5.17 Å². The Bertz CT molecular complexity index is 914. The van der Waals surface area contributed by atoms with Crippen LogP contribution >= 0.6 is 35.0 Å². The van der Waals surface area contributed by atoms with Gasteiger partial charge in [0.2, 0.25) is 0 Å². The Morgan fingerprint density at radius 1 is 1.37 bits per heavy atom. The SMILES string of the molecule is CC1(c2cccc(C(Cl)=CC(=O)Nc3ccc(Cl)cn3)c2)CCSC(N)=N1. The van der Waals surface area contributed by atoms with Gasteiger partial charge in [-0.1, -0.05) is 53.2 Å². The molecule has 2 aromatic rings. The first-order chi connectivity index (χ1) is 12.9. The molecule has 0 saturated heterocycles. The third kappa shape index (κ3) is 5.03. The maximum absolute atomic E-state index is 12.2. The van der Waals surface area contributed by atoms with Gasteiger partial charge >= 0.3 is 0 Å². The van der Waals surface area contributed by atoms with Gasteiger partial charge in [-0.3, -0.25) is 9.79 Å². The van der Waals surface area contributed by atoms with E-state index in [0.29, 0.717) is 21.0 Å². The summed E-state index contributed by atoms with van der Waals surface area (Å²) in [4.78, 5) is 20.8. The average molecular weight is 421 g/mol. The molecule has 8 heteroatoms. The Labute approximate surface area is 172 Å². The van der Waals surface area contributed by atoms with E-state index in [4.69, 9.17) is 28.9 Å². The van der Waals surface area contributed by atoms with Crippen LogP contribution in [0.25, 0.3) is 5.03 Å². The van der Waals surface area contributed by atoms with Crippen molar-refractivity contribution in [1.82, 2.24) is 4.98 Å². The van der Waals surface area contributed by atoms with Crippen molar-refractivity contribution < 1.29 is 4.79 Å². The predicted octanol–water partition coefficient (Wildman–Crippen LogP) is 4.62. The summed E-state index contributed by atoms with van der Waals surface area (Å²) in [6.45, 7) is 2.05. The molecule has 140 valence electrons. The topological polar surface area (TPSA) is 80.4 Å². The normalized spacial score (nSPS) is 20.1. The number of nitrogens with one attached hydrogen (secondary N) is 1. The lowest BCUT2D eigenvalue weighted by molar-refractivity contribution is -0.111. The number of benzene rings is 1. The zero-order chi connectivity index (χ0) is 19.4. The van der Waals surface area contributed by atoms with Crippen LogP contribution in [0.3, 0.4) is 0 Å². The molecule has 0 spiro atoms. The van der Waals surface area contributed by atoms with Crippen LogP contribution in [-0.4, -0.2) is 21.8 Å². The van der Waals surface area contributed by atoms with Crippen LogP contribution in [0.1, 0.15) is 24.5 Å². The standard InChI is InChI=1S/C19H18Cl2N4OS/c1-19(7-8-27-18(22)25-19)13-4-2-3-12(9-13)15(21)10-17(26)24-16-6-5-14(20)11-23-16/h2-6,9-11H,7-8H2,1H3,(H2,22,25)(H,23,24,26). The molecular weight excluding hydrogens is 403 g/mol. The zero-order valence-electron chi connectivity index (χ0n) is 14.6. The van der Waals surface area contributed by atoms with Gasteiger partial charge in [0.05, 0.1) is 15.6 Å². The molecule has 2 heterocycles. The number of amides is 1. The van der Waals surface area contributed by atoms with Gasteiger partial charge in [0.1, 0.15) is 5.82 Å². The van der Waals surface area contributed by atoms with Gasteiger partial charge in [0, 0.05) is 18.0 Å². The molecule has 3 N–H and O–H groups in total. The highest BCUT2D eigenvalue weighted by Gasteiger charge is 2.29. The highest BCUT2D eigenvalue weighted by molar-refractivity contribution is 8.13. The van der Waals surface area contributed by atoms with E-state index >= 15 is 0 Å². The number of thioether (sulfide) groups is 1. The number of rotatable bonds is 4. The summed E-state index contributed by atoms with van der Waals surface area (Å²) in [5, 5.41) is 4.06. The minimum atomic E-state index is -0.391. The van der Waals surface area contributed by atoms with Gasteiger partial charge in [0.25, 0.3) is 5.91 Å². The molecule has 5 nitrogen and oxygen atoms in total. The van der Waals surface area contributed by atoms with Crippen molar-refractivity contribution in [3.8, 4) is 0 Å². The molecular formula is C19H18Cl2N4OS. The Balaban J connectivity index is 1.79. The van der Waals surface area contributed by atoms with E-state index in [1.165, 1.54) is 12.3 Å². The second kappa shape index (κ2) is 8.33. The lowest BCUT2D eigenvalue weighted by Gasteiger charge is -2.30. The van der Waals surface area contributed by atoms with Crippen LogP contribution in [0.15, 0.2) is 53.7 Å². The molecule has 1 unspecified atom stereocenters. The number of aromatic nitrogens is 1. The molecule has 3 rings (SSSR count). The molecule has 0 radical (unpaired) electrons. The lowest BCUT2D eigenvalue weighted by Crippen LogP contribution is -2.28. The first-order valence-corrected chi connectivity index (χ1v) is 9.99. The summed E-state index contributed by atoms with van der Waals surface area (Å²) < 4.78 is 0. The maximum Gasteiger partial charge on any atom is 0.251 e. The summed E-state index contributed by atoms with van der Waals surface area (Å²) in [5.74, 6) is 0.939. The van der Waals surface area contributed by atoms with E-state index in [1.54, 1.807) is 23.9 Å². The highest BCUT2D eigenvalue weighted by atomic mass is 35.5. The monoisotopic (exact) mass is 420 g/mol. The largest absolute Gasteiger partial charge is 0.379 e. The number of nitrogens with zero attached hydrogens (tertiary/aromatic N) is 2. The number of hydrogen-bond donors (Lipinski definition) is 2. The lowest BCUT2D eigenvalue weighted by atomic mass is 9.89. The molecule has 1 atom stereocenters. The number of aliphatic imine (C=N–C) groups is 1. The molecule has 1 aromatic heterocycles. The average Bonchev–Trinajstić information content (AvgIpc) is 2.63. The van der Waals surface area contributed by atoms with E-state index in [-0.39, 0.29) is 5.91 Å². The maximum atomic E-state index is 12.2. The van der Waals surface area contributed by atoms with Crippen LogP contribution in [0, 0.1) is 0 Å². The van der Waals surface area contributed by atoms with Crippen molar-refractivity contribution >= 4 is 56.9 Å². The Morgan fingerprint density at radius 3 is 2.89 bits per heavy atom. The van der Waals surface area contributed by atoms with E-state index in [9.17, 15) is 4.79 Å². The number of carbonyl (C=O) groups is 1. The van der Waals surface area contributed by atoms with E-state index < -0.39 is 5.54 Å². The summed E-state index contributed by atoms with van der Waals surface area (Å²) in [6, 6.07) is 11.0. The van der Waals surface area contributed by atoms with Crippen LogP contribution in [0.4, 0.5) is 5.82 Å². The van der Waals surface area contributed by atoms with Crippen molar-refractivity contribution in [2.75, 3.05) is 11.1 Å². The fourth-order valence-corrected chi connectivity index (χ4v) is 4.01. The fourth-order valence-electron chi connectivity index (χ4n) is 2.71. The zero-order valence-corrected chi connectivity index (χ0v) is 16.9. The van der Waals surface area contributed by atoms with Crippen LogP contribution in [0.2, 0.25) is 5.02 Å². The fraction of sp³-hybridized carbons (Fsp3) is 0.211. The van der Waals surface area contributed by atoms with Gasteiger partial charge in [-0.15, -0.1) is 0 Å². The number of halogens is 2. The molecule has 0 fully saturated rings. The third-order valence-electron chi connectivity index (χ3n) is 4.19. The number of anilines is 1. The van der Waals surface area contributed by atoms with Crippen molar-refractivity contribution in [1.29, 1.82) is 0 Å². The van der Waals surface area contributed by atoms with Crippen LogP contribution in [-0.2, 0) is 10.3 Å². The molecule has 0 aliphatic carbocycles. The number of pyridine rings is 1. The minimum absolute atomic E-state index is 0.328. The van der Waals surface area contributed by atoms with Crippen LogP contribution < -0.4 is 11.1 Å². The van der Waals surface area contributed by atoms with Crippen molar-refractivity contribution in [2.24, 2.45) is 10.7 Å². The molecule has 27 heavy (non-hydrogen) atoms. The highest BCUT2D eigenvalue weighted by Crippen LogP contribution is 2.36. The van der Waals surface area contributed by atoms with E-state index in [2.05, 4.69) is 22.2 Å². The second-order valence-electron chi connectivity index (χ2n) is 6.25. The molecule has 1 aliphatic rings. The van der Waals surface area contributed by atoms with Gasteiger partial charge in [-0.25, -0.2) is 4.98 Å². The summed E-state index contributed by atoms with van der Waals surface area (Å²) >= 11 is 13.7. The summed E-state index contributed by atoms with van der Waals surface area (Å²) in [6.07, 6.45) is 3.67. The summed E-state index contributed by atoms with van der Waals surface area (Å²) in [5.41, 5.74) is 7.26. The number of hydrogen-bond acceptors (Lipinski definition) is 5. The molecule has 1 amide bonds. The number of amidine groups is 1. The summed E-state index contributed by atoms with van der Waals surface area (Å²) in [7, 11) is 0. The predicted molar refractivity (Wildman–Crippen MR) is 114 cm³/mol.